The number of hydrogen-bond donors (Lipinski definition) is 0. The molecule has 0 radical (unpaired) electrons. The molecule has 0 aliphatic carbocycles. The van der Waals surface area contributed by atoms with E-state index in [1.807, 2.05) is 54.6 Å². The molecule has 0 spiro atoms. The SMILES string of the molecule is Cl.O=[N+]([O-])c1ccc(OCCCCN2CCN(c3ccccc3Cl)CC2)c(C=Cc2ccccc2Br)c1. The molecule has 4 rings (SSSR count). The minimum absolute atomic E-state index is 0. The number of rotatable bonds is 10. The number of para-hydroxylation sites is 1. The third-order valence-corrected chi connectivity index (χ3v) is 7.29. The van der Waals surface area contributed by atoms with E-state index in [9.17, 15) is 10.1 Å². The quantitative estimate of drug-likeness (QED) is 0.103. The van der Waals surface area contributed by atoms with E-state index in [4.69, 9.17) is 16.3 Å². The lowest BCUT2D eigenvalue weighted by Gasteiger charge is -2.36. The zero-order valence-electron chi connectivity index (χ0n) is 20.4. The summed E-state index contributed by atoms with van der Waals surface area (Å²) in [6.07, 6.45) is 5.73. The van der Waals surface area contributed by atoms with Gasteiger partial charge in [-0.15, -0.1) is 12.4 Å². The zero-order valence-corrected chi connectivity index (χ0v) is 23.6. The number of anilines is 1. The van der Waals surface area contributed by atoms with Crippen LogP contribution in [0.4, 0.5) is 11.4 Å². The molecule has 0 saturated carbocycles. The molecule has 37 heavy (non-hydrogen) atoms. The number of non-ortho nitro benzene ring substituents is 1. The number of halogens is 3. The van der Waals surface area contributed by atoms with Crippen LogP contribution < -0.4 is 9.64 Å². The smallest absolute Gasteiger partial charge is 0.270 e. The van der Waals surface area contributed by atoms with Gasteiger partial charge < -0.3 is 9.64 Å². The summed E-state index contributed by atoms with van der Waals surface area (Å²) in [5.41, 5.74) is 2.84. The third-order valence-electron chi connectivity index (χ3n) is 6.24. The lowest BCUT2D eigenvalue weighted by molar-refractivity contribution is -0.384. The Labute approximate surface area is 237 Å². The van der Waals surface area contributed by atoms with Gasteiger partial charge in [-0.05, 0) is 49.2 Å². The van der Waals surface area contributed by atoms with Crippen molar-refractivity contribution >= 4 is 63.5 Å². The Kier molecular flexibility index (Phi) is 11.3. The van der Waals surface area contributed by atoms with Crippen molar-refractivity contribution in [2.75, 3.05) is 44.2 Å². The Morgan fingerprint density at radius 1 is 0.946 bits per heavy atom. The van der Waals surface area contributed by atoms with Crippen molar-refractivity contribution < 1.29 is 9.66 Å². The number of benzene rings is 3. The predicted octanol–water partition coefficient (Wildman–Crippen LogP) is 7.58. The maximum Gasteiger partial charge on any atom is 0.270 e. The minimum atomic E-state index is -0.384. The highest BCUT2D eigenvalue weighted by Crippen LogP contribution is 2.28. The summed E-state index contributed by atoms with van der Waals surface area (Å²) in [7, 11) is 0. The van der Waals surface area contributed by atoms with E-state index in [1.165, 1.54) is 6.07 Å². The molecular weight excluding hydrogens is 577 g/mol. The molecule has 6 nitrogen and oxygen atoms in total. The monoisotopic (exact) mass is 605 g/mol. The maximum atomic E-state index is 11.3. The van der Waals surface area contributed by atoms with E-state index < -0.39 is 0 Å². The highest BCUT2D eigenvalue weighted by molar-refractivity contribution is 9.10. The number of nitro groups is 1. The van der Waals surface area contributed by atoms with Crippen molar-refractivity contribution in [2.45, 2.75) is 12.8 Å². The van der Waals surface area contributed by atoms with Crippen molar-refractivity contribution in [1.82, 2.24) is 4.90 Å². The average molecular weight is 607 g/mol. The van der Waals surface area contributed by atoms with Gasteiger partial charge in [-0.3, -0.25) is 15.0 Å². The van der Waals surface area contributed by atoms with Gasteiger partial charge in [-0.1, -0.05) is 70.0 Å². The standard InChI is InChI=1S/C28H29BrClN3O3.ClH/c29-25-8-2-1-7-22(25)11-12-23-21-24(33(34)35)13-14-28(23)36-20-6-5-15-31-16-18-32(19-17-31)27-10-4-3-9-26(27)30;/h1-4,7-14,21H,5-6,15-20H2;1H. The number of nitro benzene ring substituents is 1. The summed E-state index contributed by atoms with van der Waals surface area (Å²) in [5.74, 6) is 0.650. The number of hydrogen-bond acceptors (Lipinski definition) is 5. The van der Waals surface area contributed by atoms with Crippen molar-refractivity contribution in [1.29, 1.82) is 0 Å². The van der Waals surface area contributed by atoms with Crippen LogP contribution in [0.3, 0.4) is 0 Å². The number of ether oxygens (including phenoxy) is 1. The number of nitrogens with zero attached hydrogens (tertiary/aromatic N) is 3. The summed E-state index contributed by atoms with van der Waals surface area (Å²) < 4.78 is 7.00. The van der Waals surface area contributed by atoms with E-state index in [-0.39, 0.29) is 23.0 Å². The average Bonchev–Trinajstić information content (AvgIpc) is 2.89. The minimum Gasteiger partial charge on any atom is -0.493 e. The van der Waals surface area contributed by atoms with Crippen LogP contribution in [-0.2, 0) is 0 Å². The first-order chi connectivity index (χ1) is 17.5. The first kappa shape index (κ1) is 29.0. The fourth-order valence-corrected chi connectivity index (χ4v) is 4.91. The lowest BCUT2D eigenvalue weighted by Crippen LogP contribution is -2.46. The molecule has 3 aromatic carbocycles. The van der Waals surface area contributed by atoms with Crippen LogP contribution in [0.1, 0.15) is 24.0 Å². The lowest BCUT2D eigenvalue weighted by atomic mass is 10.1. The van der Waals surface area contributed by atoms with Crippen molar-refractivity contribution in [2.24, 2.45) is 0 Å². The van der Waals surface area contributed by atoms with Gasteiger partial charge in [0.25, 0.3) is 5.69 Å². The molecule has 9 heteroatoms. The molecule has 0 N–H and O–H groups in total. The number of unbranched alkanes of at least 4 members (excludes halogenated alkanes) is 1. The molecule has 196 valence electrons. The van der Waals surface area contributed by atoms with E-state index in [2.05, 4.69) is 31.8 Å². The van der Waals surface area contributed by atoms with Crippen LogP contribution in [0.5, 0.6) is 5.75 Å². The van der Waals surface area contributed by atoms with Gasteiger partial charge in [0, 0.05) is 48.3 Å². The van der Waals surface area contributed by atoms with Crippen LogP contribution in [-0.4, -0.2) is 49.2 Å². The predicted molar refractivity (Wildman–Crippen MR) is 158 cm³/mol. The second-order valence-corrected chi connectivity index (χ2v) is 9.93. The second kappa shape index (κ2) is 14.4. The molecule has 1 fully saturated rings. The topological polar surface area (TPSA) is 58.9 Å². The normalized spacial score (nSPS) is 13.9. The van der Waals surface area contributed by atoms with Gasteiger partial charge in [0.1, 0.15) is 5.75 Å². The summed E-state index contributed by atoms with van der Waals surface area (Å²) in [5, 5.41) is 12.1. The van der Waals surface area contributed by atoms with Crippen LogP contribution in [0.25, 0.3) is 12.2 Å². The van der Waals surface area contributed by atoms with Gasteiger partial charge in [0.05, 0.1) is 22.2 Å². The van der Waals surface area contributed by atoms with Gasteiger partial charge in [-0.25, -0.2) is 0 Å². The van der Waals surface area contributed by atoms with Crippen LogP contribution >= 0.6 is 39.9 Å². The molecule has 0 aromatic heterocycles. The Morgan fingerprint density at radius 2 is 1.65 bits per heavy atom. The number of piperazine rings is 1. The van der Waals surface area contributed by atoms with E-state index in [1.54, 1.807) is 12.1 Å². The van der Waals surface area contributed by atoms with Crippen LogP contribution in [0.15, 0.2) is 71.2 Å². The highest BCUT2D eigenvalue weighted by Gasteiger charge is 2.18. The Balaban J connectivity index is 0.00000380. The Hall–Kier alpha value is -2.58. The first-order valence-corrected chi connectivity index (χ1v) is 13.2. The van der Waals surface area contributed by atoms with Gasteiger partial charge >= 0.3 is 0 Å². The molecule has 3 aromatic rings. The van der Waals surface area contributed by atoms with Crippen LogP contribution in [0.2, 0.25) is 5.02 Å². The molecule has 0 amide bonds. The fraction of sp³-hybridized carbons (Fsp3) is 0.286. The van der Waals surface area contributed by atoms with Gasteiger partial charge in [0.15, 0.2) is 0 Å². The summed E-state index contributed by atoms with van der Waals surface area (Å²) >= 11 is 9.88. The van der Waals surface area contributed by atoms with E-state index in [0.29, 0.717) is 17.9 Å². The molecule has 1 heterocycles. The maximum absolute atomic E-state index is 11.3. The van der Waals surface area contributed by atoms with Gasteiger partial charge in [0.2, 0.25) is 0 Å². The van der Waals surface area contributed by atoms with Crippen molar-refractivity contribution in [3.63, 3.8) is 0 Å². The Bertz CT molecular complexity index is 1220. The second-order valence-electron chi connectivity index (χ2n) is 8.67. The van der Waals surface area contributed by atoms with Gasteiger partial charge in [-0.2, -0.15) is 0 Å². The highest BCUT2D eigenvalue weighted by atomic mass is 79.9. The largest absolute Gasteiger partial charge is 0.493 e. The zero-order chi connectivity index (χ0) is 25.3. The third kappa shape index (κ3) is 8.20. The molecule has 0 bridgehead atoms. The van der Waals surface area contributed by atoms with Crippen molar-refractivity contribution in [3.8, 4) is 5.75 Å². The summed E-state index contributed by atoms with van der Waals surface area (Å²) in [6, 6.07) is 20.6. The molecule has 1 saturated heterocycles. The summed E-state index contributed by atoms with van der Waals surface area (Å²) in [6.45, 7) is 5.55. The van der Waals surface area contributed by atoms with Crippen LogP contribution in [0, 0.1) is 10.1 Å². The van der Waals surface area contributed by atoms with E-state index in [0.717, 1.165) is 66.3 Å². The molecule has 1 aliphatic rings. The first-order valence-electron chi connectivity index (χ1n) is 12.1. The molecule has 0 atom stereocenters. The summed E-state index contributed by atoms with van der Waals surface area (Å²) in [4.78, 5) is 15.7. The van der Waals surface area contributed by atoms with E-state index >= 15 is 0 Å². The molecule has 1 aliphatic heterocycles. The fourth-order valence-electron chi connectivity index (χ4n) is 4.24. The van der Waals surface area contributed by atoms with Crippen molar-refractivity contribution in [3.05, 3.63) is 97.5 Å². The molecule has 0 unspecified atom stereocenters. The Morgan fingerprint density at radius 3 is 2.38 bits per heavy atom. The molecular formula is C28H30BrCl2N3O3.